The number of benzene rings is 3. The Bertz CT molecular complexity index is 2630. The number of ether oxygens (including phenoxy) is 1. The molecule has 0 aliphatic carbocycles. The number of aromatic hydroxyl groups is 1. The molecule has 0 bridgehead atoms. The van der Waals surface area contributed by atoms with E-state index in [4.69, 9.17) is 10.5 Å². The highest BCUT2D eigenvalue weighted by molar-refractivity contribution is 7.13. The molecule has 2 aliphatic heterocycles. The number of phenols is 1. The molecule has 384 valence electrons. The number of carbonyl (C=O) groups is 4. The maximum atomic E-state index is 14.1. The summed E-state index contributed by atoms with van der Waals surface area (Å²) in [5.74, 6) is 0.326. The average molecular weight is 1000 g/mol. The van der Waals surface area contributed by atoms with Gasteiger partial charge in [-0.15, -0.1) is 21.5 Å². The van der Waals surface area contributed by atoms with Gasteiger partial charge in [0, 0.05) is 63.7 Å². The van der Waals surface area contributed by atoms with Gasteiger partial charge in [0.15, 0.2) is 11.6 Å². The number of phenolic OH excluding ortho intramolecular Hbond substituents is 1. The molecule has 2 aliphatic rings. The summed E-state index contributed by atoms with van der Waals surface area (Å²) in [6.07, 6.45) is 7.24. The monoisotopic (exact) mass is 1000 g/mol. The minimum Gasteiger partial charge on any atom is -0.507 e. The first-order valence-corrected chi connectivity index (χ1v) is 26.5. The highest BCUT2D eigenvalue weighted by Gasteiger charge is 2.42. The van der Waals surface area contributed by atoms with Crippen LogP contribution in [-0.2, 0) is 25.7 Å². The molecule has 16 heteroatoms. The highest BCUT2D eigenvalue weighted by atomic mass is 32.1. The molecular weight excluding hydrogens is 927 g/mol. The maximum Gasteiger partial charge on any atom is 0.246 e. The molecule has 1 unspecified atom stereocenters. The molecule has 2 aromatic heterocycles. The Hall–Kier alpha value is -6.39. The van der Waals surface area contributed by atoms with E-state index in [1.807, 2.05) is 82.3 Å². The molecule has 72 heavy (non-hydrogen) atoms. The Labute approximate surface area is 429 Å². The Balaban J connectivity index is 0.764. The number of nitrogens with zero attached hydrogens (tertiary/aromatic N) is 6. The molecule has 0 radical (unpaired) electrons. The molecular formula is C56H73N9O6S. The van der Waals surface area contributed by atoms with Crippen molar-refractivity contribution in [1.29, 1.82) is 0 Å². The van der Waals surface area contributed by atoms with Gasteiger partial charge in [-0.1, -0.05) is 107 Å². The lowest BCUT2D eigenvalue weighted by molar-refractivity contribution is -0.144. The van der Waals surface area contributed by atoms with Gasteiger partial charge in [0.25, 0.3) is 0 Å². The van der Waals surface area contributed by atoms with Crippen LogP contribution in [0.15, 0.2) is 84.4 Å². The fourth-order valence-corrected chi connectivity index (χ4v) is 10.4. The second-order valence-corrected chi connectivity index (χ2v) is 21.3. The van der Waals surface area contributed by atoms with Gasteiger partial charge in [0.1, 0.15) is 29.6 Å². The van der Waals surface area contributed by atoms with E-state index in [-0.39, 0.29) is 47.3 Å². The maximum absolute atomic E-state index is 14.1. The van der Waals surface area contributed by atoms with Crippen molar-refractivity contribution in [2.75, 3.05) is 38.5 Å². The van der Waals surface area contributed by atoms with E-state index in [1.165, 1.54) is 0 Å². The van der Waals surface area contributed by atoms with E-state index >= 15 is 0 Å². The smallest absolute Gasteiger partial charge is 0.246 e. The first-order chi connectivity index (χ1) is 34.5. The number of thiazole rings is 1. The molecule has 5 aromatic rings. The second-order valence-electron chi connectivity index (χ2n) is 20.5. The van der Waals surface area contributed by atoms with Crippen LogP contribution in [0.3, 0.4) is 0 Å². The molecule has 2 saturated heterocycles. The third-order valence-corrected chi connectivity index (χ3v) is 14.9. The lowest BCUT2D eigenvalue weighted by Gasteiger charge is -2.35. The largest absolute Gasteiger partial charge is 0.507 e. The molecule has 7 rings (SSSR count). The molecule has 2 fully saturated rings. The van der Waals surface area contributed by atoms with Crippen LogP contribution in [0.25, 0.3) is 21.7 Å². The van der Waals surface area contributed by atoms with Crippen LogP contribution in [0.2, 0.25) is 0 Å². The van der Waals surface area contributed by atoms with Gasteiger partial charge in [-0.25, -0.2) is 4.98 Å². The van der Waals surface area contributed by atoms with Crippen LogP contribution < -0.4 is 21.1 Å². The number of para-hydroxylation sites is 1. The van der Waals surface area contributed by atoms with Gasteiger partial charge in [-0.2, -0.15) is 0 Å². The normalized spacial score (nSPS) is 16.5. The Morgan fingerprint density at radius 1 is 0.833 bits per heavy atom. The number of hydrogen-bond acceptors (Lipinski definition) is 12. The molecule has 15 nitrogen and oxygen atoms in total. The lowest BCUT2D eigenvalue weighted by atomic mass is 9.85. The standard InChI is InChI=1S/C56H73N9O6S/c1-37(41-24-26-42(27-25-41)51-38(2)58-36-72-51)59-54(69)46-20-16-28-65(46)55(70)52(56(4,5)6)60-49(67)22-11-9-7-8-10-12-23-50(68)64-31-29-63(30-32-64)35-40-17-15-18-43(33-40)39(3)71-48-34-45(61-62-53(48)57)44-19-13-14-21-47(44)66/h13-15,17-19,21,24-27,33-34,36-37,39,46,52,66H,7-12,16,20,22-23,28-32,35H2,1-6H3,(H2,57,62)(H,59,69)(H,60,67)/t37-,39?,46-,52+/m0/s1. The number of nitrogens with one attached hydrogen (secondary N) is 2. The molecule has 4 amide bonds. The van der Waals surface area contributed by atoms with Crippen LogP contribution >= 0.6 is 11.3 Å². The fraction of sp³-hybridized carbons (Fsp3) is 0.482. The molecule has 5 N–H and O–H groups in total. The summed E-state index contributed by atoms with van der Waals surface area (Å²) in [6, 6.07) is 23.5. The van der Waals surface area contributed by atoms with E-state index in [0.29, 0.717) is 55.9 Å². The third kappa shape index (κ3) is 14.2. The number of amides is 4. The van der Waals surface area contributed by atoms with Crippen LogP contribution in [-0.4, -0.2) is 103 Å². The molecule has 3 aromatic carbocycles. The number of anilines is 1. The van der Waals surface area contributed by atoms with Crippen molar-refractivity contribution in [3.05, 3.63) is 107 Å². The van der Waals surface area contributed by atoms with Crippen molar-refractivity contribution in [3.8, 4) is 33.2 Å². The first kappa shape index (κ1) is 53.4. The Morgan fingerprint density at radius 3 is 2.24 bits per heavy atom. The number of piperazine rings is 1. The van der Waals surface area contributed by atoms with Crippen molar-refractivity contribution in [1.82, 2.24) is 40.5 Å². The van der Waals surface area contributed by atoms with Crippen LogP contribution in [0.5, 0.6) is 11.5 Å². The fourth-order valence-electron chi connectivity index (χ4n) is 9.59. The summed E-state index contributed by atoms with van der Waals surface area (Å²) in [4.78, 5) is 65.6. The number of unbranched alkanes of at least 4 members (excludes halogenated alkanes) is 5. The van der Waals surface area contributed by atoms with Crippen molar-refractivity contribution in [2.45, 2.75) is 137 Å². The topological polar surface area (TPSA) is 196 Å². The number of rotatable bonds is 21. The van der Waals surface area contributed by atoms with E-state index in [1.54, 1.807) is 40.5 Å². The molecule has 4 atom stereocenters. The third-order valence-electron chi connectivity index (χ3n) is 13.9. The predicted octanol–water partition coefficient (Wildman–Crippen LogP) is 9.17. The second kappa shape index (κ2) is 24.8. The lowest BCUT2D eigenvalue weighted by Crippen LogP contribution is -2.57. The van der Waals surface area contributed by atoms with Crippen LogP contribution in [0.4, 0.5) is 5.82 Å². The number of likely N-dealkylation sites (tertiary alicyclic amines) is 1. The number of aromatic nitrogens is 3. The van der Waals surface area contributed by atoms with Gasteiger partial charge < -0.3 is 36.0 Å². The van der Waals surface area contributed by atoms with Crippen molar-refractivity contribution in [2.24, 2.45) is 5.41 Å². The van der Waals surface area contributed by atoms with Gasteiger partial charge in [0.2, 0.25) is 23.6 Å². The number of nitrogens with two attached hydrogens (primary N) is 1. The number of hydrogen-bond donors (Lipinski definition) is 4. The SMILES string of the molecule is Cc1ncsc1-c1ccc([C@H](C)NC(=O)[C@@H]2CCCN2C(=O)[C@@H](NC(=O)CCCCCCCCC(=O)N2CCN(Cc3cccc(C(C)Oc4cc(-c5ccccc5O)nnc4N)c3)CC2)C(C)(C)C)cc1. The minimum atomic E-state index is -0.752. The predicted molar refractivity (Wildman–Crippen MR) is 283 cm³/mol. The summed E-state index contributed by atoms with van der Waals surface area (Å²) >= 11 is 1.60. The van der Waals surface area contributed by atoms with Crippen molar-refractivity contribution in [3.63, 3.8) is 0 Å². The minimum absolute atomic E-state index is 0.0988. The zero-order valence-corrected chi connectivity index (χ0v) is 43.7. The van der Waals surface area contributed by atoms with Gasteiger partial charge in [-0.05, 0) is 86.3 Å². The highest BCUT2D eigenvalue weighted by Crippen LogP contribution is 2.34. The molecule has 4 heterocycles. The Morgan fingerprint density at radius 2 is 1.54 bits per heavy atom. The molecule has 0 saturated carbocycles. The summed E-state index contributed by atoms with van der Waals surface area (Å²) in [5, 5.41) is 24.7. The summed E-state index contributed by atoms with van der Waals surface area (Å²) in [6.45, 7) is 16.0. The van der Waals surface area contributed by atoms with Crippen molar-refractivity contribution < 1.29 is 29.0 Å². The quantitative estimate of drug-likeness (QED) is 0.0512. The number of aryl methyl sites for hydroxylation is 1. The van der Waals surface area contributed by atoms with Gasteiger partial charge in [-0.3, -0.25) is 24.1 Å². The summed E-state index contributed by atoms with van der Waals surface area (Å²) in [5.41, 5.74) is 13.7. The van der Waals surface area contributed by atoms with E-state index in [0.717, 1.165) is 97.4 Å². The van der Waals surface area contributed by atoms with E-state index in [9.17, 15) is 24.3 Å². The van der Waals surface area contributed by atoms with Crippen LogP contribution in [0.1, 0.15) is 133 Å². The average Bonchev–Trinajstić information content (AvgIpc) is 4.04. The van der Waals surface area contributed by atoms with Gasteiger partial charge >= 0.3 is 0 Å². The first-order valence-electron chi connectivity index (χ1n) is 25.6. The Kier molecular flexibility index (Phi) is 18.4. The molecule has 0 spiro atoms. The van der Waals surface area contributed by atoms with Crippen molar-refractivity contribution >= 4 is 40.8 Å². The zero-order valence-electron chi connectivity index (χ0n) is 42.9. The van der Waals surface area contributed by atoms with E-state index < -0.39 is 17.5 Å². The summed E-state index contributed by atoms with van der Waals surface area (Å²) < 4.78 is 6.26. The van der Waals surface area contributed by atoms with Crippen LogP contribution in [0, 0.1) is 12.3 Å². The van der Waals surface area contributed by atoms with Gasteiger partial charge in [0.05, 0.1) is 22.1 Å². The summed E-state index contributed by atoms with van der Waals surface area (Å²) in [7, 11) is 0. The number of carbonyl (C=O) groups excluding carboxylic acids is 4. The number of nitrogen functional groups attached to an aromatic ring is 1. The zero-order chi connectivity index (χ0) is 51.4. The van der Waals surface area contributed by atoms with E-state index in [2.05, 4.69) is 55.0 Å².